The number of alkyl halides is 1. The summed E-state index contributed by atoms with van der Waals surface area (Å²) in [7, 11) is 2.03. The lowest BCUT2D eigenvalue weighted by Gasteiger charge is -2.24. The Balaban J connectivity index is 3.44. The van der Waals surface area contributed by atoms with Crippen molar-refractivity contribution in [2.45, 2.75) is 25.9 Å². The molecule has 0 bridgehead atoms. The fraction of sp³-hybridized carbons (Fsp3) is 1.00. The van der Waals surface area contributed by atoms with Crippen molar-refractivity contribution in [1.82, 2.24) is 4.90 Å². The van der Waals surface area contributed by atoms with Crippen molar-refractivity contribution >= 4 is 15.9 Å². The second-order valence-electron chi connectivity index (χ2n) is 3.59. The van der Waals surface area contributed by atoms with Crippen molar-refractivity contribution < 1.29 is 5.11 Å². The van der Waals surface area contributed by atoms with Crippen LogP contribution in [-0.2, 0) is 0 Å². The van der Waals surface area contributed by atoms with Gasteiger partial charge < -0.3 is 10.0 Å². The van der Waals surface area contributed by atoms with Crippen molar-refractivity contribution in [2.75, 3.05) is 25.5 Å². The smallest absolute Gasteiger partial charge is 0.0718 e. The number of rotatable bonds is 5. The SMILES string of the molecule is CN(CCCBr)CC(C)(C)O. The Kier molecular flexibility index (Phi) is 5.30. The first kappa shape index (κ1) is 11.4. The molecule has 0 rings (SSSR count). The molecule has 0 aliphatic heterocycles. The highest BCUT2D eigenvalue weighted by atomic mass is 79.9. The van der Waals surface area contributed by atoms with E-state index in [2.05, 4.69) is 20.8 Å². The number of likely N-dealkylation sites (N-methyl/N-ethyl adjacent to an activating group) is 1. The molecule has 11 heavy (non-hydrogen) atoms. The summed E-state index contributed by atoms with van der Waals surface area (Å²) in [5.41, 5.74) is -0.568. The van der Waals surface area contributed by atoms with Gasteiger partial charge in [0, 0.05) is 11.9 Å². The first-order valence-corrected chi connectivity index (χ1v) is 5.05. The zero-order chi connectivity index (χ0) is 8.91. The zero-order valence-electron chi connectivity index (χ0n) is 7.60. The molecule has 0 radical (unpaired) electrons. The quantitative estimate of drug-likeness (QED) is 0.715. The first-order chi connectivity index (χ1) is 4.95. The summed E-state index contributed by atoms with van der Waals surface area (Å²) >= 11 is 3.37. The summed E-state index contributed by atoms with van der Waals surface area (Å²) in [6, 6.07) is 0. The molecular weight excluding hydrogens is 206 g/mol. The molecule has 0 aromatic rings. The van der Waals surface area contributed by atoms with Crippen molar-refractivity contribution in [3.63, 3.8) is 0 Å². The van der Waals surface area contributed by atoms with Gasteiger partial charge >= 0.3 is 0 Å². The van der Waals surface area contributed by atoms with Crippen LogP contribution in [0.3, 0.4) is 0 Å². The van der Waals surface area contributed by atoms with Crippen LogP contribution < -0.4 is 0 Å². The molecule has 0 spiro atoms. The maximum Gasteiger partial charge on any atom is 0.0718 e. The zero-order valence-corrected chi connectivity index (χ0v) is 9.19. The molecule has 0 aliphatic carbocycles. The Morgan fingerprint density at radius 1 is 1.45 bits per heavy atom. The highest BCUT2D eigenvalue weighted by molar-refractivity contribution is 9.09. The third kappa shape index (κ3) is 8.30. The van der Waals surface area contributed by atoms with Crippen molar-refractivity contribution in [3.8, 4) is 0 Å². The van der Waals surface area contributed by atoms with E-state index < -0.39 is 5.60 Å². The Morgan fingerprint density at radius 3 is 2.36 bits per heavy atom. The Bertz CT molecular complexity index is 101. The van der Waals surface area contributed by atoms with E-state index in [4.69, 9.17) is 0 Å². The van der Waals surface area contributed by atoms with Crippen LogP contribution in [0.25, 0.3) is 0 Å². The van der Waals surface area contributed by atoms with Gasteiger partial charge in [-0.05, 0) is 33.9 Å². The van der Waals surface area contributed by atoms with E-state index >= 15 is 0 Å². The van der Waals surface area contributed by atoms with E-state index in [0.29, 0.717) is 0 Å². The van der Waals surface area contributed by atoms with Gasteiger partial charge in [0.1, 0.15) is 0 Å². The molecule has 0 aromatic carbocycles. The lowest BCUT2D eigenvalue weighted by Crippen LogP contribution is -2.36. The van der Waals surface area contributed by atoms with Crippen LogP contribution in [0.2, 0.25) is 0 Å². The number of aliphatic hydroxyl groups is 1. The van der Waals surface area contributed by atoms with Gasteiger partial charge in [0.05, 0.1) is 5.60 Å². The molecule has 0 aliphatic rings. The molecule has 0 saturated carbocycles. The summed E-state index contributed by atoms with van der Waals surface area (Å²) in [5.74, 6) is 0. The predicted molar refractivity (Wildman–Crippen MR) is 52.2 cm³/mol. The number of hydrogen-bond donors (Lipinski definition) is 1. The van der Waals surface area contributed by atoms with E-state index in [9.17, 15) is 5.11 Å². The van der Waals surface area contributed by atoms with Crippen LogP contribution >= 0.6 is 15.9 Å². The number of hydrogen-bond acceptors (Lipinski definition) is 2. The molecule has 0 amide bonds. The predicted octanol–water partition coefficient (Wildman–Crippen LogP) is 1.47. The van der Waals surface area contributed by atoms with Gasteiger partial charge in [-0.1, -0.05) is 15.9 Å². The lowest BCUT2D eigenvalue weighted by molar-refractivity contribution is 0.0448. The van der Waals surface area contributed by atoms with Crippen LogP contribution in [-0.4, -0.2) is 41.1 Å². The standard InChI is InChI=1S/C8H18BrNO/c1-8(2,11)7-10(3)6-4-5-9/h11H,4-7H2,1-3H3. The minimum atomic E-state index is -0.568. The van der Waals surface area contributed by atoms with Crippen LogP contribution in [0.4, 0.5) is 0 Å². The van der Waals surface area contributed by atoms with Gasteiger partial charge in [-0.2, -0.15) is 0 Å². The fourth-order valence-electron chi connectivity index (χ4n) is 1.07. The Hall–Kier alpha value is 0.400. The average molecular weight is 224 g/mol. The summed E-state index contributed by atoms with van der Waals surface area (Å²) in [5, 5.41) is 10.5. The van der Waals surface area contributed by atoms with Crippen molar-refractivity contribution in [3.05, 3.63) is 0 Å². The first-order valence-electron chi connectivity index (χ1n) is 3.92. The molecule has 0 fully saturated rings. The largest absolute Gasteiger partial charge is 0.389 e. The summed E-state index contributed by atoms with van der Waals surface area (Å²) in [6.45, 7) is 5.44. The van der Waals surface area contributed by atoms with E-state index in [-0.39, 0.29) is 0 Å². The van der Waals surface area contributed by atoms with Crippen molar-refractivity contribution in [2.24, 2.45) is 0 Å². The van der Waals surface area contributed by atoms with Gasteiger partial charge in [-0.15, -0.1) is 0 Å². The van der Waals surface area contributed by atoms with E-state index in [1.165, 1.54) is 0 Å². The van der Waals surface area contributed by atoms with Gasteiger partial charge in [0.15, 0.2) is 0 Å². The van der Waals surface area contributed by atoms with Gasteiger partial charge in [-0.25, -0.2) is 0 Å². The van der Waals surface area contributed by atoms with E-state index in [1.807, 2.05) is 20.9 Å². The molecule has 1 N–H and O–H groups in total. The van der Waals surface area contributed by atoms with Gasteiger partial charge in [0.2, 0.25) is 0 Å². The van der Waals surface area contributed by atoms with E-state index in [0.717, 1.165) is 24.8 Å². The fourth-order valence-corrected chi connectivity index (χ4v) is 1.32. The maximum absolute atomic E-state index is 9.43. The highest BCUT2D eigenvalue weighted by Gasteiger charge is 2.14. The molecule has 0 aromatic heterocycles. The molecule has 0 atom stereocenters. The average Bonchev–Trinajstić information content (AvgIpc) is 1.79. The third-order valence-electron chi connectivity index (χ3n) is 1.33. The molecule has 0 unspecified atom stereocenters. The number of halogens is 1. The Morgan fingerprint density at radius 2 is 2.00 bits per heavy atom. The number of nitrogens with zero attached hydrogens (tertiary/aromatic N) is 1. The Labute approximate surface area is 77.7 Å². The highest BCUT2D eigenvalue weighted by Crippen LogP contribution is 2.03. The molecule has 0 saturated heterocycles. The van der Waals surface area contributed by atoms with Gasteiger partial charge in [-0.3, -0.25) is 0 Å². The maximum atomic E-state index is 9.43. The molecule has 2 nitrogen and oxygen atoms in total. The molecular formula is C8H18BrNO. The third-order valence-corrected chi connectivity index (χ3v) is 1.89. The van der Waals surface area contributed by atoms with Crippen LogP contribution in [0.1, 0.15) is 20.3 Å². The summed E-state index contributed by atoms with van der Waals surface area (Å²) in [4.78, 5) is 2.14. The van der Waals surface area contributed by atoms with E-state index in [1.54, 1.807) is 0 Å². The van der Waals surface area contributed by atoms with Crippen LogP contribution in [0.5, 0.6) is 0 Å². The molecule has 0 heterocycles. The molecule has 3 heteroatoms. The normalized spacial score (nSPS) is 12.5. The minimum absolute atomic E-state index is 0.568. The van der Waals surface area contributed by atoms with Crippen LogP contribution in [0.15, 0.2) is 0 Å². The van der Waals surface area contributed by atoms with Crippen LogP contribution in [0, 0.1) is 0 Å². The monoisotopic (exact) mass is 223 g/mol. The van der Waals surface area contributed by atoms with Gasteiger partial charge in [0.25, 0.3) is 0 Å². The second-order valence-corrected chi connectivity index (χ2v) is 4.39. The topological polar surface area (TPSA) is 23.5 Å². The second kappa shape index (κ2) is 5.12. The van der Waals surface area contributed by atoms with Crippen molar-refractivity contribution in [1.29, 1.82) is 0 Å². The molecule has 68 valence electrons. The summed E-state index contributed by atoms with van der Waals surface area (Å²) in [6.07, 6.45) is 1.13. The minimum Gasteiger partial charge on any atom is -0.389 e. The lowest BCUT2D eigenvalue weighted by atomic mass is 10.1. The summed E-state index contributed by atoms with van der Waals surface area (Å²) < 4.78 is 0.